The van der Waals surface area contributed by atoms with Gasteiger partial charge in [-0.25, -0.2) is 4.79 Å². The molecular formula is C19H21Cl2N6O3+. The summed E-state index contributed by atoms with van der Waals surface area (Å²) in [4.78, 5) is 31.8. The Hall–Kier alpha value is -2.75. The van der Waals surface area contributed by atoms with E-state index in [-0.39, 0.29) is 10.7 Å². The third kappa shape index (κ3) is 3.96. The van der Waals surface area contributed by atoms with Gasteiger partial charge < -0.3 is 20.9 Å². The van der Waals surface area contributed by atoms with Gasteiger partial charge in [-0.15, -0.1) is 0 Å². The van der Waals surface area contributed by atoms with E-state index < -0.39 is 11.7 Å². The van der Waals surface area contributed by atoms with Crippen molar-refractivity contribution in [2.75, 3.05) is 23.3 Å². The van der Waals surface area contributed by atoms with Crippen LogP contribution in [-0.4, -0.2) is 40.2 Å². The molecule has 1 fully saturated rings. The fourth-order valence-corrected chi connectivity index (χ4v) is 3.90. The first-order valence-electron chi connectivity index (χ1n) is 9.47. The van der Waals surface area contributed by atoms with Gasteiger partial charge in [0.1, 0.15) is 5.69 Å². The van der Waals surface area contributed by atoms with Crippen LogP contribution in [0.3, 0.4) is 0 Å². The number of hydrogen-bond donors (Lipinski definition) is 4. The molecular weight excluding hydrogens is 431 g/mol. The van der Waals surface area contributed by atoms with Gasteiger partial charge in [0.25, 0.3) is 5.91 Å². The molecule has 9 nitrogen and oxygen atoms in total. The summed E-state index contributed by atoms with van der Waals surface area (Å²) in [5.74, 6) is -0.706. The van der Waals surface area contributed by atoms with Crippen molar-refractivity contribution in [2.24, 2.45) is 0 Å². The highest BCUT2D eigenvalue weighted by atomic mass is 35.5. The zero-order valence-corrected chi connectivity index (χ0v) is 17.7. The molecule has 11 heteroatoms. The minimum Gasteiger partial charge on any atom is -0.369 e. The molecule has 0 unspecified atom stereocenters. The van der Waals surface area contributed by atoms with E-state index in [0.29, 0.717) is 33.8 Å². The Morgan fingerprint density at radius 2 is 2.00 bits per heavy atom. The predicted molar refractivity (Wildman–Crippen MR) is 114 cm³/mol. The lowest BCUT2D eigenvalue weighted by Gasteiger charge is -2.32. The summed E-state index contributed by atoms with van der Waals surface area (Å²) in [5.41, 5.74) is 7.04. The van der Waals surface area contributed by atoms with Crippen LogP contribution in [0.2, 0.25) is 10.0 Å². The number of quaternary nitrogens is 1. The molecule has 158 valence electrons. The number of H-pyrrole nitrogens is 2. The highest BCUT2D eigenvalue weighted by Gasteiger charge is 2.24. The first-order valence-corrected chi connectivity index (χ1v) is 10.2. The molecule has 1 aromatic carbocycles. The standard InChI is InChI=1S/C19H20Cl2N6O3/c1-9-14(20)15(21)16(23-9)18(28)24-12-3-2-10(17-25-19(29)30-26-17)8-13(12)27-6-4-11(22)5-7-27/h2-3,8,11,23H,4-7,22H2,1H3,(H,24,28)(H,25,26,29)/p+1. The first kappa shape index (κ1) is 20.5. The second kappa shape index (κ2) is 8.17. The van der Waals surface area contributed by atoms with Crippen molar-refractivity contribution >= 4 is 40.5 Å². The molecule has 4 rings (SSSR count). The van der Waals surface area contributed by atoms with Gasteiger partial charge in [0.2, 0.25) is 0 Å². The van der Waals surface area contributed by atoms with Gasteiger partial charge in [0.05, 0.1) is 27.5 Å². The van der Waals surface area contributed by atoms with Crippen molar-refractivity contribution in [1.82, 2.24) is 15.1 Å². The topological polar surface area (TPSA) is 135 Å². The van der Waals surface area contributed by atoms with Crippen molar-refractivity contribution < 1.29 is 15.1 Å². The third-order valence-electron chi connectivity index (χ3n) is 5.20. The van der Waals surface area contributed by atoms with E-state index in [2.05, 4.69) is 35.6 Å². The molecule has 1 amide bonds. The molecule has 3 aromatic rings. The molecule has 0 radical (unpaired) electrons. The minimum atomic E-state index is -0.629. The van der Waals surface area contributed by atoms with Crippen LogP contribution in [0.15, 0.2) is 27.5 Å². The van der Waals surface area contributed by atoms with Crippen molar-refractivity contribution in [2.45, 2.75) is 25.8 Å². The third-order valence-corrected chi connectivity index (χ3v) is 6.14. The average molecular weight is 452 g/mol. The van der Waals surface area contributed by atoms with Gasteiger partial charge in [0, 0.05) is 37.2 Å². The van der Waals surface area contributed by atoms with Gasteiger partial charge in [-0.1, -0.05) is 28.4 Å². The van der Waals surface area contributed by atoms with Crippen molar-refractivity contribution in [3.05, 3.63) is 50.2 Å². The lowest BCUT2D eigenvalue weighted by Crippen LogP contribution is -2.64. The molecule has 6 N–H and O–H groups in total. The Balaban J connectivity index is 1.69. The number of carbonyl (C=O) groups excluding carboxylic acids is 1. The zero-order valence-electron chi connectivity index (χ0n) is 16.2. The Morgan fingerprint density at radius 1 is 1.27 bits per heavy atom. The number of aromatic amines is 2. The van der Waals surface area contributed by atoms with Gasteiger partial charge in [0.15, 0.2) is 5.82 Å². The maximum absolute atomic E-state index is 12.9. The zero-order chi connectivity index (χ0) is 21.4. The first-order chi connectivity index (χ1) is 14.3. The molecule has 1 aliphatic rings. The average Bonchev–Trinajstić information content (AvgIpc) is 3.27. The van der Waals surface area contributed by atoms with E-state index in [9.17, 15) is 9.59 Å². The largest absolute Gasteiger partial charge is 0.439 e. The molecule has 1 saturated heterocycles. The quantitative estimate of drug-likeness (QED) is 0.482. The van der Waals surface area contributed by atoms with E-state index in [0.717, 1.165) is 31.6 Å². The lowest BCUT2D eigenvalue weighted by atomic mass is 10.0. The number of piperidine rings is 1. The number of hydrogen-bond acceptors (Lipinski definition) is 5. The number of aromatic nitrogens is 3. The minimum absolute atomic E-state index is 0.183. The highest BCUT2D eigenvalue weighted by molar-refractivity contribution is 6.44. The molecule has 30 heavy (non-hydrogen) atoms. The molecule has 2 aromatic heterocycles. The molecule has 0 saturated carbocycles. The Bertz CT molecular complexity index is 1140. The second-order valence-electron chi connectivity index (χ2n) is 7.31. The summed E-state index contributed by atoms with van der Waals surface area (Å²) in [7, 11) is 0. The smallest absolute Gasteiger partial charge is 0.369 e. The number of halogens is 2. The maximum Gasteiger partial charge on any atom is 0.439 e. The van der Waals surface area contributed by atoms with Crippen LogP contribution in [-0.2, 0) is 0 Å². The molecule has 0 bridgehead atoms. The number of benzene rings is 1. The molecule has 3 heterocycles. The predicted octanol–water partition coefficient (Wildman–Crippen LogP) is 2.44. The van der Waals surface area contributed by atoms with Gasteiger partial charge in [-0.05, 0) is 25.1 Å². The van der Waals surface area contributed by atoms with Crippen LogP contribution >= 0.6 is 23.2 Å². The summed E-state index contributed by atoms with van der Waals surface area (Å²) < 4.78 is 4.61. The fraction of sp³-hybridized carbons (Fsp3) is 0.316. The van der Waals surface area contributed by atoms with E-state index in [1.54, 1.807) is 19.1 Å². The van der Waals surface area contributed by atoms with Crippen LogP contribution < -0.4 is 21.7 Å². The van der Waals surface area contributed by atoms with Gasteiger partial charge >= 0.3 is 5.76 Å². The summed E-state index contributed by atoms with van der Waals surface area (Å²) in [5, 5.41) is 7.17. The van der Waals surface area contributed by atoms with Crippen LogP contribution in [0.4, 0.5) is 11.4 Å². The van der Waals surface area contributed by atoms with Crippen LogP contribution in [0.1, 0.15) is 29.0 Å². The van der Waals surface area contributed by atoms with Crippen molar-refractivity contribution in [3.63, 3.8) is 0 Å². The summed E-state index contributed by atoms with van der Waals surface area (Å²) >= 11 is 12.3. The Kier molecular flexibility index (Phi) is 5.59. The van der Waals surface area contributed by atoms with Crippen LogP contribution in [0.5, 0.6) is 0 Å². The van der Waals surface area contributed by atoms with Gasteiger partial charge in [-0.2, -0.15) is 0 Å². The Morgan fingerprint density at radius 3 is 2.60 bits per heavy atom. The SMILES string of the molecule is Cc1[nH]c(C(=O)Nc2ccc(-c3noc(=O)[nH]3)cc2N2CCC([NH3+])CC2)c(Cl)c1Cl. The van der Waals surface area contributed by atoms with E-state index in [4.69, 9.17) is 23.2 Å². The number of anilines is 2. The van der Waals surface area contributed by atoms with Crippen molar-refractivity contribution in [3.8, 4) is 11.4 Å². The number of amides is 1. The summed E-state index contributed by atoms with van der Waals surface area (Å²) in [6, 6.07) is 5.77. The molecule has 0 atom stereocenters. The molecule has 0 spiro atoms. The highest BCUT2D eigenvalue weighted by Crippen LogP contribution is 2.34. The number of aryl methyl sites for hydroxylation is 1. The number of nitrogens with one attached hydrogen (secondary N) is 3. The summed E-state index contributed by atoms with van der Waals surface area (Å²) in [6.45, 7) is 3.33. The molecule has 1 aliphatic heterocycles. The second-order valence-corrected chi connectivity index (χ2v) is 8.07. The maximum atomic E-state index is 12.9. The molecule has 0 aliphatic carbocycles. The van der Waals surface area contributed by atoms with Crippen molar-refractivity contribution in [1.29, 1.82) is 0 Å². The normalized spacial score (nSPS) is 14.9. The lowest BCUT2D eigenvalue weighted by molar-refractivity contribution is -0.423. The number of rotatable bonds is 4. The number of carbonyl (C=O) groups is 1. The monoisotopic (exact) mass is 451 g/mol. The van der Waals surface area contributed by atoms with Crippen LogP contribution in [0.25, 0.3) is 11.4 Å². The van der Waals surface area contributed by atoms with E-state index in [1.165, 1.54) is 0 Å². The Labute approximate surface area is 181 Å². The fourth-order valence-electron chi connectivity index (χ4n) is 3.49. The van der Waals surface area contributed by atoms with Crippen LogP contribution in [0, 0.1) is 6.92 Å². The van der Waals surface area contributed by atoms with E-state index in [1.807, 2.05) is 6.07 Å². The summed E-state index contributed by atoms with van der Waals surface area (Å²) in [6.07, 6.45) is 1.88. The van der Waals surface area contributed by atoms with Gasteiger partial charge in [-0.3, -0.25) is 14.3 Å². The number of nitrogens with zero attached hydrogens (tertiary/aromatic N) is 2. The van der Waals surface area contributed by atoms with E-state index >= 15 is 0 Å².